The van der Waals surface area contributed by atoms with Crippen LogP contribution in [0.2, 0.25) is 0 Å². The van der Waals surface area contributed by atoms with Gasteiger partial charge in [0.15, 0.2) is 0 Å². The lowest BCUT2D eigenvalue weighted by Crippen LogP contribution is -2.18. The Morgan fingerprint density at radius 1 is 0.966 bits per heavy atom. The minimum atomic E-state index is -0.691. The molecular formula is C25H44O3S. The summed E-state index contributed by atoms with van der Waals surface area (Å²) in [4.78, 5) is 11.5. The van der Waals surface area contributed by atoms with E-state index in [1.54, 1.807) is 0 Å². The lowest BCUT2D eigenvalue weighted by molar-refractivity contribution is -0.133. The first kappa shape index (κ1) is 25.9. The van der Waals surface area contributed by atoms with Gasteiger partial charge in [0.1, 0.15) is 5.75 Å². The van der Waals surface area contributed by atoms with Gasteiger partial charge in [-0.3, -0.25) is 4.79 Å². The quantitative estimate of drug-likeness (QED) is 0.286. The van der Waals surface area contributed by atoms with Gasteiger partial charge >= 0.3 is 5.97 Å². The topological polar surface area (TPSA) is 57.5 Å². The first-order chi connectivity index (χ1) is 13.2. The number of carboxylic acids is 1. The van der Waals surface area contributed by atoms with Crippen molar-refractivity contribution in [3.63, 3.8) is 0 Å². The Hall–Kier alpha value is -1.16. The van der Waals surface area contributed by atoms with Crippen LogP contribution in [0, 0.1) is 5.92 Å². The summed E-state index contributed by atoms with van der Waals surface area (Å²) < 4.78 is 0. The summed E-state index contributed by atoms with van der Waals surface area (Å²) in [5, 5.41) is 20.3. The van der Waals surface area contributed by atoms with Crippen molar-refractivity contribution in [2.45, 2.75) is 97.7 Å². The second-order valence-corrected chi connectivity index (χ2v) is 13.3. The summed E-state index contributed by atoms with van der Waals surface area (Å²) >= 11 is 0. The van der Waals surface area contributed by atoms with Crippen LogP contribution in [0.15, 0.2) is 12.1 Å². The Morgan fingerprint density at radius 2 is 1.48 bits per heavy atom. The average Bonchev–Trinajstić information content (AvgIpc) is 2.52. The molecule has 1 rings (SSSR count). The molecule has 29 heavy (non-hydrogen) atoms. The molecule has 0 aliphatic heterocycles. The van der Waals surface area contributed by atoms with Crippen molar-refractivity contribution in [3.05, 3.63) is 28.8 Å². The predicted octanol–water partition coefficient (Wildman–Crippen LogP) is 6.79. The Kier molecular flexibility index (Phi) is 9.59. The van der Waals surface area contributed by atoms with Gasteiger partial charge in [0, 0.05) is 5.75 Å². The van der Waals surface area contributed by atoms with Gasteiger partial charge in [0.05, 0.1) is 5.75 Å². The van der Waals surface area contributed by atoms with Crippen LogP contribution in [-0.2, 0) is 21.4 Å². The van der Waals surface area contributed by atoms with Crippen molar-refractivity contribution in [1.29, 1.82) is 0 Å². The molecule has 0 saturated heterocycles. The third-order valence-corrected chi connectivity index (χ3v) is 7.79. The van der Waals surface area contributed by atoms with Crippen molar-refractivity contribution in [2.24, 2.45) is 5.92 Å². The van der Waals surface area contributed by atoms with E-state index in [0.717, 1.165) is 35.0 Å². The van der Waals surface area contributed by atoms with E-state index in [-0.39, 0.29) is 16.6 Å². The van der Waals surface area contributed by atoms with Crippen molar-refractivity contribution in [1.82, 2.24) is 0 Å². The lowest BCUT2D eigenvalue weighted by Gasteiger charge is -2.29. The van der Waals surface area contributed by atoms with E-state index in [2.05, 4.69) is 67.5 Å². The molecule has 1 atom stereocenters. The highest BCUT2D eigenvalue weighted by atomic mass is 32.2. The summed E-state index contributed by atoms with van der Waals surface area (Å²) in [6.07, 6.45) is 4.78. The fraction of sp³-hybridized carbons (Fsp3) is 0.720. The predicted molar refractivity (Wildman–Crippen MR) is 129 cm³/mol. The zero-order chi connectivity index (χ0) is 22.4. The maximum absolute atomic E-state index is 11.5. The van der Waals surface area contributed by atoms with Crippen LogP contribution in [0.3, 0.4) is 0 Å². The van der Waals surface area contributed by atoms with Crippen molar-refractivity contribution in [3.8, 4) is 5.75 Å². The Balaban J connectivity index is 3.06. The molecule has 1 unspecified atom stereocenters. The van der Waals surface area contributed by atoms with E-state index in [1.807, 2.05) is 0 Å². The standard InChI is InChI=1S/C25H44O3S/c1-18(2)12-10-9-11-13-29(17-22(26)27)16-19-14-20(24(3,4)5)23(28)21(15-19)25(6,7)8/h14-15,18,28-29H,9-13,16-17H2,1-8H3,(H,26,27). The van der Waals surface area contributed by atoms with Gasteiger partial charge in [-0.1, -0.05) is 86.8 Å². The van der Waals surface area contributed by atoms with Crippen LogP contribution in [0.5, 0.6) is 5.75 Å². The normalized spacial score (nSPS) is 14.3. The minimum absolute atomic E-state index is 0.160. The molecule has 0 heterocycles. The molecule has 1 aromatic rings. The molecule has 3 nitrogen and oxygen atoms in total. The van der Waals surface area contributed by atoms with Gasteiger partial charge in [-0.05, 0) is 45.6 Å². The van der Waals surface area contributed by atoms with E-state index < -0.39 is 16.9 Å². The molecule has 0 amide bonds. The van der Waals surface area contributed by atoms with E-state index >= 15 is 0 Å². The number of aliphatic carboxylic acids is 1. The number of hydrogen-bond acceptors (Lipinski definition) is 2. The third-order valence-electron chi connectivity index (χ3n) is 5.31. The number of thiol groups is 1. The Morgan fingerprint density at radius 3 is 1.90 bits per heavy atom. The number of phenolic OH excluding ortho intramolecular Hbond substituents is 1. The lowest BCUT2D eigenvalue weighted by atomic mass is 9.78. The number of benzene rings is 1. The fourth-order valence-corrected chi connectivity index (χ4v) is 5.84. The highest BCUT2D eigenvalue weighted by Gasteiger charge is 2.27. The molecule has 1 aromatic carbocycles. The first-order valence-corrected chi connectivity index (χ1v) is 12.9. The largest absolute Gasteiger partial charge is 0.507 e. The Labute approximate surface area is 181 Å². The van der Waals surface area contributed by atoms with Crippen LogP contribution in [0.4, 0.5) is 0 Å². The molecule has 0 saturated carbocycles. The highest BCUT2D eigenvalue weighted by molar-refractivity contribution is 8.16. The minimum Gasteiger partial charge on any atom is -0.507 e. The van der Waals surface area contributed by atoms with Gasteiger partial charge < -0.3 is 10.2 Å². The van der Waals surface area contributed by atoms with Crippen LogP contribution < -0.4 is 0 Å². The third kappa shape index (κ3) is 9.02. The molecule has 0 aliphatic rings. The van der Waals surface area contributed by atoms with E-state index in [9.17, 15) is 15.0 Å². The van der Waals surface area contributed by atoms with Crippen molar-refractivity contribution in [2.75, 3.05) is 11.5 Å². The van der Waals surface area contributed by atoms with Crippen LogP contribution in [-0.4, -0.2) is 27.7 Å². The molecule has 0 fully saturated rings. The number of carbonyl (C=O) groups is 1. The van der Waals surface area contributed by atoms with Crippen LogP contribution in [0.1, 0.15) is 97.8 Å². The number of phenols is 1. The second kappa shape index (κ2) is 10.7. The zero-order valence-electron chi connectivity index (χ0n) is 19.9. The molecule has 2 N–H and O–H groups in total. The van der Waals surface area contributed by atoms with Crippen LogP contribution >= 0.6 is 10.9 Å². The SMILES string of the molecule is CC(C)CCCCC[SH](CC(=O)O)Cc1cc(C(C)(C)C)c(O)c(C(C)(C)C)c1. The van der Waals surface area contributed by atoms with Crippen molar-refractivity contribution >= 4 is 16.9 Å². The smallest absolute Gasteiger partial charge is 0.311 e. The summed E-state index contributed by atoms with van der Waals surface area (Å²) in [6, 6.07) is 4.22. The molecular weight excluding hydrogens is 380 g/mol. The number of carboxylic acid groups (broad SMARTS) is 1. The molecule has 0 radical (unpaired) electrons. The monoisotopic (exact) mass is 424 g/mol. The van der Waals surface area contributed by atoms with Gasteiger partial charge in [-0.25, -0.2) is 10.9 Å². The van der Waals surface area contributed by atoms with Gasteiger partial charge in [0.25, 0.3) is 0 Å². The van der Waals surface area contributed by atoms with Crippen LogP contribution in [0.25, 0.3) is 0 Å². The van der Waals surface area contributed by atoms with E-state index in [4.69, 9.17) is 0 Å². The number of aromatic hydroxyl groups is 1. The summed E-state index contributed by atoms with van der Waals surface area (Å²) in [5.41, 5.74) is 2.77. The summed E-state index contributed by atoms with van der Waals surface area (Å²) in [5.74, 6) is 2.54. The fourth-order valence-electron chi connectivity index (χ4n) is 3.66. The average molecular weight is 425 g/mol. The highest BCUT2D eigenvalue weighted by Crippen LogP contribution is 2.42. The zero-order valence-corrected chi connectivity index (χ0v) is 20.8. The summed E-state index contributed by atoms with van der Waals surface area (Å²) in [7, 11) is -0.596. The molecule has 4 heteroatoms. The molecule has 0 bridgehead atoms. The second-order valence-electron chi connectivity index (χ2n) is 10.9. The molecule has 168 valence electrons. The number of unbranched alkanes of at least 4 members (excludes halogenated alkanes) is 2. The van der Waals surface area contributed by atoms with E-state index in [1.165, 1.54) is 24.8 Å². The molecule has 0 spiro atoms. The molecule has 0 aromatic heterocycles. The maximum atomic E-state index is 11.5. The first-order valence-electron chi connectivity index (χ1n) is 11.0. The summed E-state index contributed by atoms with van der Waals surface area (Å²) in [6.45, 7) is 17.2. The van der Waals surface area contributed by atoms with Crippen molar-refractivity contribution < 1.29 is 15.0 Å². The van der Waals surface area contributed by atoms with Gasteiger partial charge in [-0.15, -0.1) is 0 Å². The Bertz CT molecular complexity index is 631. The molecule has 0 aliphatic carbocycles. The van der Waals surface area contributed by atoms with Gasteiger partial charge in [0.2, 0.25) is 0 Å². The number of hydrogen-bond donors (Lipinski definition) is 3. The van der Waals surface area contributed by atoms with E-state index in [0.29, 0.717) is 5.75 Å². The van der Waals surface area contributed by atoms with Gasteiger partial charge in [-0.2, -0.15) is 0 Å². The number of rotatable bonds is 10. The maximum Gasteiger partial charge on any atom is 0.311 e.